The fourth-order valence-electron chi connectivity index (χ4n) is 3.05. The molecule has 2 aromatic carbocycles. The second-order valence-electron chi connectivity index (χ2n) is 6.62. The van der Waals surface area contributed by atoms with Crippen LogP contribution in [0.2, 0.25) is 0 Å². The first-order chi connectivity index (χ1) is 13.9. The van der Waals surface area contributed by atoms with Gasteiger partial charge in [-0.25, -0.2) is 4.79 Å². The molecule has 1 aromatic heterocycles. The number of nitrogens with zero attached hydrogens (tertiary/aromatic N) is 1. The summed E-state index contributed by atoms with van der Waals surface area (Å²) in [6.45, 7) is 4.28. The number of H-pyrrole nitrogens is 1. The molecule has 150 valence electrons. The van der Waals surface area contributed by atoms with Crippen LogP contribution in [0.4, 0.5) is 5.69 Å². The van der Waals surface area contributed by atoms with Crippen LogP contribution in [0.3, 0.4) is 0 Å². The molecule has 0 aliphatic heterocycles. The van der Waals surface area contributed by atoms with Gasteiger partial charge in [-0.15, -0.1) is 0 Å². The molecule has 29 heavy (non-hydrogen) atoms. The number of aromatic amines is 1. The number of aryl methyl sites for hydroxylation is 2. The van der Waals surface area contributed by atoms with E-state index >= 15 is 0 Å². The van der Waals surface area contributed by atoms with Crippen LogP contribution >= 0.6 is 0 Å². The maximum atomic E-state index is 12.5. The standard InChI is InChI=1S/C21H22N4O4/c1-3-22-19(27)14-9-8-13(2)16(12-14)23-18(26)10-11-25-17-7-5-4-6-15(17)20(28)24-21(25)29/h4-9,12H,3,10-11H2,1-2H3,(H,22,27)(H,23,26)(H,24,28,29). The number of para-hydroxylation sites is 1. The summed E-state index contributed by atoms with van der Waals surface area (Å²) in [5.74, 6) is -0.516. The number of carbonyl (C=O) groups excluding carboxylic acids is 2. The molecular formula is C21H22N4O4. The molecule has 3 rings (SSSR count). The van der Waals surface area contributed by atoms with Gasteiger partial charge in [0.05, 0.1) is 10.9 Å². The summed E-state index contributed by atoms with van der Waals surface area (Å²) >= 11 is 0. The number of hydrogen-bond acceptors (Lipinski definition) is 4. The highest BCUT2D eigenvalue weighted by Crippen LogP contribution is 2.17. The van der Waals surface area contributed by atoms with E-state index in [9.17, 15) is 19.2 Å². The average molecular weight is 394 g/mol. The molecule has 0 unspecified atom stereocenters. The van der Waals surface area contributed by atoms with E-state index in [1.54, 1.807) is 42.5 Å². The maximum absolute atomic E-state index is 12.5. The molecule has 8 nitrogen and oxygen atoms in total. The van der Waals surface area contributed by atoms with E-state index in [0.29, 0.717) is 28.7 Å². The Labute approximate surface area is 166 Å². The van der Waals surface area contributed by atoms with Crippen molar-refractivity contribution in [2.45, 2.75) is 26.8 Å². The van der Waals surface area contributed by atoms with Crippen LogP contribution in [0, 0.1) is 6.92 Å². The molecule has 0 bridgehead atoms. The van der Waals surface area contributed by atoms with Crippen LogP contribution < -0.4 is 21.9 Å². The van der Waals surface area contributed by atoms with Gasteiger partial charge in [-0.3, -0.25) is 23.9 Å². The van der Waals surface area contributed by atoms with Crippen molar-refractivity contribution in [3.8, 4) is 0 Å². The van der Waals surface area contributed by atoms with E-state index < -0.39 is 11.2 Å². The molecule has 0 saturated heterocycles. The molecule has 2 amide bonds. The van der Waals surface area contributed by atoms with Crippen molar-refractivity contribution in [1.82, 2.24) is 14.9 Å². The lowest BCUT2D eigenvalue weighted by atomic mass is 10.1. The molecule has 0 aliphatic rings. The number of carbonyl (C=O) groups is 2. The van der Waals surface area contributed by atoms with Gasteiger partial charge < -0.3 is 10.6 Å². The number of aromatic nitrogens is 2. The first-order valence-corrected chi connectivity index (χ1v) is 9.31. The zero-order valence-corrected chi connectivity index (χ0v) is 16.2. The summed E-state index contributed by atoms with van der Waals surface area (Å²) < 4.78 is 1.37. The second-order valence-corrected chi connectivity index (χ2v) is 6.62. The van der Waals surface area contributed by atoms with Gasteiger partial charge in [-0.2, -0.15) is 0 Å². The Morgan fingerprint density at radius 3 is 2.62 bits per heavy atom. The van der Waals surface area contributed by atoms with Crippen LogP contribution in [0.15, 0.2) is 52.1 Å². The first-order valence-electron chi connectivity index (χ1n) is 9.31. The lowest BCUT2D eigenvalue weighted by Crippen LogP contribution is -2.31. The summed E-state index contributed by atoms with van der Waals surface area (Å²) in [7, 11) is 0. The highest BCUT2D eigenvalue weighted by Gasteiger charge is 2.12. The maximum Gasteiger partial charge on any atom is 0.328 e. The molecule has 1 heterocycles. The quantitative estimate of drug-likeness (QED) is 0.591. The molecule has 0 spiro atoms. The Balaban J connectivity index is 1.77. The Bertz CT molecular complexity index is 1190. The third-order valence-corrected chi connectivity index (χ3v) is 4.58. The van der Waals surface area contributed by atoms with Gasteiger partial charge in [0.25, 0.3) is 11.5 Å². The summed E-state index contributed by atoms with van der Waals surface area (Å²) in [6, 6.07) is 11.8. The number of benzene rings is 2. The first kappa shape index (κ1) is 20.1. The lowest BCUT2D eigenvalue weighted by Gasteiger charge is -2.12. The van der Waals surface area contributed by atoms with Crippen molar-refractivity contribution >= 4 is 28.4 Å². The molecule has 0 saturated carbocycles. The minimum Gasteiger partial charge on any atom is -0.352 e. The average Bonchev–Trinajstić information content (AvgIpc) is 2.69. The summed E-state index contributed by atoms with van der Waals surface area (Å²) in [5.41, 5.74) is 1.27. The van der Waals surface area contributed by atoms with E-state index in [1.807, 2.05) is 13.8 Å². The molecule has 0 fully saturated rings. The highest BCUT2D eigenvalue weighted by atomic mass is 16.2. The fraction of sp³-hybridized carbons (Fsp3) is 0.238. The SMILES string of the molecule is CCNC(=O)c1ccc(C)c(NC(=O)CCn2c(=O)[nH]c(=O)c3ccccc32)c1. The van der Waals surface area contributed by atoms with Crippen molar-refractivity contribution in [3.05, 3.63) is 74.4 Å². The molecule has 0 atom stereocenters. The van der Waals surface area contributed by atoms with E-state index in [4.69, 9.17) is 0 Å². The number of fused-ring (bicyclic) bond motifs is 1. The Hall–Kier alpha value is -3.68. The fourth-order valence-corrected chi connectivity index (χ4v) is 3.05. The zero-order chi connectivity index (χ0) is 21.0. The predicted octanol–water partition coefficient (Wildman–Crippen LogP) is 1.78. The molecular weight excluding hydrogens is 372 g/mol. The number of amides is 2. The number of hydrogen-bond donors (Lipinski definition) is 3. The number of nitrogens with one attached hydrogen (secondary N) is 3. The van der Waals surface area contributed by atoms with Crippen LogP contribution in [-0.4, -0.2) is 27.9 Å². The summed E-state index contributed by atoms with van der Waals surface area (Å²) in [4.78, 5) is 50.8. The topological polar surface area (TPSA) is 113 Å². The number of rotatable bonds is 6. The van der Waals surface area contributed by atoms with Crippen LogP contribution in [-0.2, 0) is 11.3 Å². The summed E-state index contributed by atoms with van der Waals surface area (Å²) in [6.07, 6.45) is 0.0285. The highest BCUT2D eigenvalue weighted by molar-refractivity contribution is 5.97. The van der Waals surface area contributed by atoms with Crippen molar-refractivity contribution < 1.29 is 9.59 Å². The lowest BCUT2D eigenvalue weighted by molar-refractivity contribution is -0.116. The monoisotopic (exact) mass is 394 g/mol. The third-order valence-electron chi connectivity index (χ3n) is 4.58. The molecule has 0 radical (unpaired) electrons. The van der Waals surface area contributed by atoms with E-state index in [0.717, 1.165) is 5.56 Å². The minimum atomic E-state index is -0.559. The van der Waals surface area contributed by atoms with E-state index in [-0.39, 0.29) is 24.8 Å². The Kier molecular flexibility index (Phi) is 5.92. The van der Waals surface area contributed by atoms with Gasteiger partial charge in [-0.1, -0.05) is 18.2 Å². The molecule has 3 N–H and O–H groups in total. The van der Waals surface area contributed by atoms with Crippen LogP contribution in [0.1, 0.15) is 29.3 Å². The smallest absolute Gasteiger partial charge is 0.328 e. The van der Waals surface area contributed by atoms with Crippen molar-refractivity contribution in [2.75, 3.05) is 11.9 Å². The van der Waals surface area contributed by atoms with Crippen LogP contribution in [0.25, 0.3) is 10.9 Å². The largest absolute Gasteiger partial charge is 0.352 e. The molecule has 3 aromatic rings. The molecule has 0 aliphatic carbocycles. The molecule has 8 heteroatoms. The zero-order valence-electron chi connectivity index (χ0n) is 16.2. The Morgan fingerprint density at radius 2 is 1.86 bits per heavy atom. The Morgan fingerprint density at radius 1 is 1.10 bits per heavy atom. The van der Waals surface area contributed by atoms with Gasteiger partial charge in [0.15, 0.2) is 0 Å². The van der Waals surface area contributed by atoms with Crippen molar-refractivity contribution in [3.63, 3.8) is 0 Å². The van der Waals surface area contributed by atoms with E-state index in [1.165, 1.54) is 4.57 Å². The van der Waals surface area contributed by atoms with Crippen molar-refractivity contribution in [1.29, 1.82) is 0 Å². The van der Waals surface area contributed by atoms with Gasteiger partial charge in [-0.05, 0) is 43.7 Å². The number of anilines is 1. The van der Waals surface area contributed by atoms with Gasteiger partial charge >= 0.3 is 5.69 Å². The summed E-state index contributed by atoms with van der Waals surface area (Å²) in [5, 5.41) is 5.90. The van der Waals surface area contributed by atoms with Gasteiger partial charge in [0, 0.05) is 30.8 Å². The van der Waals surface area contributed by atoms with Crippen LogP contribution in [0.5, 0.6) is 0 Å². The minimum absolute atomic E-state index is 0.0285. The second kappa shape index (κ2) is 8.55. The third kappa shape index (κ3) is 4.43. The predicted molar refractivity (Wildman–Crippen MR) is 111 cm³/mol. The van der Waals surface area contributed by atoms with Crippen molar-refractivity contribution in [2.24, 2.45) is 0 Å². The normalized spacial score (nSPS) is 10.7. The van der Waals surface area contributed by atoms with E-state index in [2.05, 4.69) is 15.6 Å². The van der Waals surface area contributed by atoms with Gasteiger partial charge in [0.1, 0.15) is 0 Å². The van der Waals surface area contributed by atoms with Gasteiger partial charge in [0.2, 0.25) is 5.91 Å².